The first-order valence-electron chi connectivity index (χ1n) is 11.4. The molecule has 1 amide bonds. The lowest BCUT2D eigenvalue weighted by atomic mass is 9.96. The van der Waals surface area contributed by atoms with Crippen molar-refractivity contribution in [1.29, 1.82) is 0 Å². The van der Waals surface area contributed by atoms with Crippen molar-refractivity contribution in [2.24, 2.45) is 0 Å². The van der Waals surface area contributed by atoms with Gasteiger partial charge in [-0.05, 0) is 66.6 Å². The smallest absolute Gasteiger partial charge is 0.335 e. The number of pyridine rings is 1. The number of carboxylic acids is 1. The fourth-order valence-corrected chi connectivity index (χ4v) is 4.92. The summed E-state index contributed by atoms with van der Waals surface area (Å²) in [7, 11) is 0. The van der Waals surface area contributed by atoms with Gasteiger partial charge in [0.15, 0.2) is 0 Å². The van der Waals surface area contributed by atoms with Gasteiger partial charge in [-0.3, -0.25) is 4.79 Å². The number of hydrogen-bond acceptors (Lipinski definition) is 3. The Morgan fingerprint density at radius 1 is 0.892 bits per heavy atom. The second-order valence-corrected chi connectivity index (χ2v) is 9.87. The minimum Gasteiger partial charge on any atom is -0.478 e. The van der Waals surface area contributed by atoms with E-state index in [1.54, 1.807) is 24.3 Å². The highest BCUT2D eigenvalue weighted by atomic mass is 79.9. The molecular formula is C30H20BrClN2O3. The first-order valence-corrected chi connectivity index (χ1v) is 12.6. The van der Waals surface area contributed by atoms with E-state index < -0.39 is 5.97 Å². The third kappa shape index (κ3) is 4.99. The molecule has 0 aliphatic rings. The molecule has 5 nitrogen and oxygen atoms in total. The van der Waals surface area contributed by atoms with Crippen LogP contribution in [0, 0.1) is 6.92 Å². The molecule has 0 radical (unpaired) electrons. The average Bonchev–Trinajstić information content (AvgIpc) is 2.89. The van der Waals surface area contributed by atoms with Crippen molar-refractivity contribution in [3.63, 3.8) is 0 Å². The molecule has 0 aliphatic heterocycles. The Labute approximate surface area is 226 Å². The van der Waals surface area contributed by atoms with Crippen LogP contribution in [0.2, 0.25) is 5.02 Å². The van der Waals surface area contributed by atoms with Gasteiger partial charge >= 0.3 is 5.97 Å². The summed E-state index contributed by atoms with van der Waals surface area (Å²) in [5, 5.41) is 13.8. The molecule has 37 heavy (non-hydrogen) atoms. The van der Waals surface area contributed by atoms with E-state index in [0.29, 0.717) is 38.3 Å². The third-order valence-corrected chi connectivity index (χ3v) is 6.84. The van der Waals surface area contributed by atoms with E-state index >= 15 is 0 Å². The molecule has 4 aromatic carbocycles. The molecule has 5 aromatic rings. The molecule has 5 rings (SSSR count). The zero-order valence-electron chi connectivity index (χ0n) is 19.6. The number of hydrogen-bond donors (Lipinski definition) is 2. The number of aromatic nitrogens is 1. The Morgan fingerprint density at radius 3 is 2.38 bits per heavy atom. The van der Waals surface area contributed by atoms with E-state index in [1.807, 2.05) is 61.5 Å². The fraction of sp³-hybridized carbons (Fsp3) is 0.0333. The molecule has 182 valence electrons. The Bertz CT molecular complexity index is 1690. The molecule has 0 bridgehead atoms. The summed E-state index contributed by atoms with van der Waals surface area (Å²) in [5.74, 6) is -1.39. The van der Waals surface area contributed by atoms with E-state index in [-0.39, 0.29) is 11.5 Å². The summed E-state index contributed by atoms with van der Waals surface area (Å²) < 4.78 is 0.827. The van der Waals surface area contributed by atoms with Crippen LogP contribution in [0.15, 0.2) is 95.5 Å². The monoisotopic (exact) mass is 570 g/mol. The van der Waals surface area contributed by atoms with Gasteiger partial charge in [-0.1, -0.05) is 70.0 Å². The molecule has 0 atom stereocenters. The number of benzene rings is 4. The first kappa shape index (κ1) is 24.7. The number of carbonyl (C=O) groups is 2. The van der Waals surface area contributed by atoms with Gasteiger partial charge in [0.1, 0.15) is 0 Å². The van der Waals surface area contributed by atoms with Crippen LogP contribution >= 0.6 is 27.5 Å². The van der Waals surface area contributed by atoms with E-state index in [0.717, 1.165) is 21.3 Å². The molecule has 0 fully saturated rings. The van der Waals surface area contributed by atoms with Crippen LogP contribution < -0.4 is 5.32 Å². The number of carboxylic acid groups (broad SMARTS) is 1. The van der Waals surface area contributed by atoms with Crippen LogP contribution in [-0.4, -0.2) is 22.0 Å². The lowest BCUT2D eigenvalue weighted by Gasteiger charge is -2.17. The Kier molecular flexibility index (Phi) is 6.78. The largest absolute Gasteiger partial charge is 0.478 e. The molecule has 0 spiro atoms. The van der Waals surface area contributed by atoms with Crippen molar-refractivity contribution in [3.8, 4) is 22.4 Å². The number of carbonyl (C=O) groups excluding carboxylic acids is 1. The Morgan fingerprint density at radius 2 is 1.65 bits per heavy atom. The quantitative estimate of drug-likeness (QED) is 0.223. The maximum Gasteiger partial charge on any atom is 0.335 e. The molecule has 0 saturated heterocycles. The third-order valence-electron chi connectivity index (χ3n) is 6.12. The van der Waals surface area contributed by atoms with Crippen LogP contribution in [0.1, 0.15) is 26.3 Å². The minimum atomic E-state index is -1.06. The fourth-order valence-electron chi connectivity index (χ4n) is 4.37. The van der Waals surface area contributed by atoms with Crippen LogP contribution in [0.4, 0.5) is 5.69 Å². The van der Waals surface area contributed by atoms with Crippen molar-refractivity contribution in [2.75, 3.05) is 5.32 Å². The number of anilines is 1. The van der Waals surface area contributed by atoms with Gasteiger partial charge in [0.05, 0.1) is 22.3 Å². The zero-order chi connectivity index (χ0) is 26.1. The number of amides is 1. The van der Waals surface area contributed by atoms with Crippen molar-refractivity contribution < 1.29 is 14.7 Å². The van der Waals surface area contributed by atoms with Crippen molar-refractivity contribution in [2.45, 2.75) is 6.92 Å². The zero-order valence-corrected chi connectivity index (χ0v) is 22.0. The maximum absolute atomic E-state index is 13.9. The molecule has 1 aromatic heterocycles. The van der Waals surface area contributed by atoms with Gasteiger partial charge in [0.25, 0.3) is 5.91 Å². The molecule has 2 N–H and O–H groups in total. The van der Waals surface area contributed by atoms with Gasteiger partial charge in [0.2, 0.25) is 0 Å². The van der Waals surface area contributed by atoms with Crippen LogP contribution in [0.5, 0.6) is 0 Å². The summed E-state index contributed by atoms with van der Waals surface area (Å²) >= 11 is 9.73. The number of rotatable bonds is 5. The summed E-state index contributed by atoms with van der Waals surface area (Å²) in [4.78, 5) is 30.5. The molecule has 0 unspecified atom stereocenters. The van der Waals surface area contributed by atoms with Crippen LogP contribution in [0.25, 0.3) is 33.3 Å². The number of aromatic carboxylic acids is 1. The maximum atomic E-state index is 13.9. The van der Waals surface area contributed by atoms with Crippen LogP contribution in [0.3, 0.4) is 0 Å². The average molecular weight is 572 g/mol. The lowest BCUT2D eigenvalue weighted by Crippen LogP contribution is -2.16. The molecule has 0 saturated carbocycles. The van der Waals surface area contributed by atoms with Gasteiger partial charge in [0, 0.05) is 31.7 Å². The van der Waals surface area contributed by atoms with Crippen molar-refractivity contribution in [3.05, 3.63) is 117 Å². The molecule has 7 heteroatoms. The SMILES string of the molecule is Cc1c(-c2ccccc2)nc2ccc(Br)cc2c1C(=O)Nc1ccc(C(=O)O)cc1-c1cccc(Cl)c1. The van der Waals surface area contributed by atoms with E-state index in [2.05, 4.69) is 21.2 Å². The number of fused-ring (bicyclic) bond motifs is 1. The topological polar surface area (TPSA) is 79.3 Å². The summed E-state index contributed by atoms with van der Waals surface area (Å²) in [6, 6.07) is 27.0. The molecule has 1 heterocycles. The number of halogens is 2. The van der Waals surface area contributed by atoms with Gasteiger partial charge < -0.3 is 10.4 Å². The standard InChI is InChI=1S/C30H20BrClN2O3/c1-17-27(24-16-21(31)11-13-26(24)33-28(17)18-6-3-2-4-7-18)29(35)34-25-12-10-20(30(36)37)15-23(25)19-8-5-9-22(32)14-19/h2-16H,1H3,(H,34,35)(H,36,37). The predicted molar refractivity (Wildman–Crippen MR) is 151 cm³/mol. The Balaban J connectivity index is 1.67. The second-order valence-electron chi connectivity index (χ2n) is 8.52. The number of nitrogens with zero attached hydrogens (tertiary/aromatic N) is 1. The van der Waals surface area contributed by atoms with E-state index in [4.69, 9.17) is 16.6 Å². The van der Waals surface area contributed by atoms with Gasteiger partial charge in [-0.25, -0.2) is 9.78 Å². The van der Waals surface area contributed by atoms with Crippen molar-refractivity contribution in [1.82, 2.24) is 4.98 Å². The second kappa shape index (κ2) is 10.2. The van der Waals surface area contributed by atoms with Crippen LogP contribution in [-0.2, 0) is 0 Å². The summed E-state index contributed by atoms with van der Waals surface area (Å²) in [5.41, 5.74) is 5.36. The minimum absolute atomic E-state index is 0.105. The Hall–Kier alpha value is -4.00. The van der Waals surface area contributed by atoms with E-state index in [9.17, 15) is 14.7 Å². The number of nitrogens with one attached hydrogen (secondary N) is 1. The predicted octanol–water partition coefficient (Wildman–Crippen LogP) is 8.24. The molecule has 0 aliphatic carbocycles. The molecular weight excluding hydrogens is 552 g/mol. The lowest BCUT2D eigenvalue weighted by molar-refractivity contribution is 0.0696. The van der Waals surface area contributed by atoms with E-state index in [1.165, 1.54) is 12.1 Å². The summed E-state index contributed by atoms with van der Waals surface area (Å²) in [6.45, 7) is 1.88. The van der Waals surface area contributed by atoms with Gasteiger partial charge in [-0.15, -0.1) is 0 Å². The highest BCUT2D eigenvalue weighted by Gasteiger charge is 2.21. The van der Waals surface area contributed by atoms with Crippen molar-refractivity contribution >= 4 is 56.0 Å². The highest BCUT2D eigenvalue weighted by molar-refractivity contribution is 9.10. The first-order chi connectivity index (χ1) is 17.8. The highest BCUT2D eigenvalue weighted by Crippen LogP contribution is 2.34. The summed E-state index contributed by atoms with van der Waals surface area (Å²) in [6.07, 6.45) is 0. The normalized spacial score (nSPS) is 10.9. The van der Waals surface area contributed by atoms with Gasteiger partial charge in [-0.2, -0.15) is 0 Å².